The third-order valence-corrected chi connectivity index (χ3v) is 2.59. The Kier molecular flexibility index (Phi) is 5.36. The Bertz CT molecular complexity index is 554. The lowest BCUT2D eigenvalue weighted by atomic mass is 10.2. The first kappa shape index (κ1) is 17.0. The highest BCUT2D eigenvalue weighted by atomic mass is 35.5. The summed E-state index contributed by atoms with van der Waals surface area (Å²) in [5.41, 5.74) is -0.706. The molecule has 1 rings (SSSR count). The van der Waals surface area contributed by atoms with Crippen molar-refractivity contribution in [3.05, 3.63) is 28.8 Å². The van der Waals surface area contributed by atoms with Crippen molar-refractivity contribution in [3.63, 3.8) is 0 Å². The monoisotopic (exact) mass is 328 g/mol. The maximum absolute atomic E-state index is 12.6. The average Bonchev–Trinajstić information content (AvgIpc) is 2.36. The molecular formula is C11H9ClF4N2O3. The van der Waals surface area contributed by atoms with Crippen LogP contribution in [0.3, 0.4) is 0 Å². The molecule has 0 bridgehead atoms. The predicted octanol–water partition coefficient (Wildman–Crippen LogP) is 3.06. The molecular weight excluding hydrogens is 320 g/mol. The number of rotatable bonds is 5. The second-order valence-electron chi connectivity index (χ2n) is 3.84. The number of hydrogen-bond acceptors (Lipinski definition) is 2. The van der Waals surface area contributed by atoms with Crippen molar-refractivity contribution in [2.24, 2.45) is 0 Å². The minimum atomic E-state index is -4.39. The van der Waals surface area contributed by atoms with E-state index in [1.807, 2.05) is 5.32 Å². The van der Waals surface area contributed by atoms with Crippen LogP contribution in [0.5, 0.6) is 0 Å². The van der Waals surface area contributed by atoms with Gasteiger partial charge >= 0.3 is 24.3 Å². The molecule has 116 valence electrons. The summed E-state index contributed by atoms with van der Waals surface area (Å²) in [6.07, 6.45) is -3.93. The SMILES string of the molecule is O=C(NCC(F)(F)C(F)F)Nc1cccc(Cl)c1C(=O)O. The maximum atomic E-state index is 12.6. The molecule has 0 unspecified atom stereocenters. The Balaban J connectivity index is 2.77. The third-order valence-electron chi connectivity index (χ3n) is 2.28. The van der Waals surface area contributed by atoms with E-state index in [0.717, 1.165) is 0 Å². The molecule has 2 amide bonds. The molecule has 0 heterocycles. The minimum Gasteiger partial charge on any atom is -0.478 e. The quantitative estimate of drug-likeness (QED) is 0.727. The van der Waals surface area contributed by atoms with E-state index in [4.69, 9.17) is 16.7 Å². The minimum absolute atomic E-state index is 0.182. The van der Waals surface area contributed by atoms with Gasteiger partial charge in [-0.25, -0.2) is 18.4 Å². The molecule has 0 aliphatic rings. The number of nitrogens with one attached hydrogen (secondary N) is 2. The number of carboxylic acids is 1. The van der Waals surface area contributed by atoms with Gasteiger partial charge in [-0.3, -0.25) is 0 Å². The Morgan fingerprint density at radius 1 is 1.33 bits per heavy atom. The third kappa shape index (κ3) is 4.48. The fourth-order valence-corrected chi connectivity index (χ4v) is 1.54. The summed E-state index contributed by atoms with van der Waals surface area (Å²) >= 11 is 5.63. The number of halogens is 5. The van der Waals surface area contributed by atoms with Gasteiger partial charge in [-0.15, -0.1) is 0 Å². The van der Waals surface area contributed by atoms with Gasteiger partial charge in [0.25, 0.3) is 0 Å². The molecule has 0 aliphatic heterocycles. The second-order valence-corrected chi connectivity index (χ2v) is 4.24. The number of urea groups is 1. The van der Waals surface area contributed by atoms with Crippen molar-refractivity contribution in [1.29, 1.82) is 0 Å². The predicted molar refractivity (Wildman–Crippen MR) is 66.4 cm³/mol. The standard InChI is InChI=1S/C11H9ClF4N2O3/c12-5-2-1-3-6(7(5)8(19)20)18-10(21)17-4-11(15,16)9(13)14/h1-3,9H,4H2,(H,19,20)(H2,17,18,21). The van der Waals surface area contributed by atoms with Crippen LogP contribution in [0, 0.1) is 0 Å². The summed E-state index contributed by atoms with van der Waals surface area (Å²) < 4.78 is 49.0. The summed E-state index contributed by atoms with van der Waals surface area (Å²) in [7, 11) is 0. The van der Waals surface area contributed by atoms with Crippen LogP contribution >= 0.6 is 11.6 Å². The van der Waals surface area contributed by atoms with Crippen LogP contribution < -0.4 is 10.6 Å². The zero-order chi connectivity index (χ0) is 16.2. The Morgan fingerprint density at radius 3 is 2.48 bits per heavy atom. The van der Waals surface area contributed by atoms with Crippen LogP contribution in [0.1, 0.15) is 10.4 Å². The summed E-state index contributed by atoms with van der Waals surface area (Å²) in [6.45, 7) is -1.60. The zero-order valence-electron chi connectivity index (χ0n) is 10.2. The molecule has 0 radical (unpaired) electrons. The summed E-state index contributed by atoms with van der Waals surface area (Å²) in [5.74, 6) is -5.84. The molecule has 0 saturated carbocycles. The number of anilines is 1. The summed E-state index contributed by atoms with van der Waals surface area (Å²) in [4.78, 5) is 22.3. The molecule has 5 nitrogen and oxygen atoms in total. The molecule has 1 aromatic carbocycles. The molecule has 3 N–H and O–H groups in total. The van der Waals surface area contributed by atoms with E-state index < -0.39 is 36.5 Å². The van der Waals surface area contributed by atoms with Crippen LogP contribution in [-0.2, 0) is 0 Å². The van der Waals surface area contributed by atoms with Gasteiger partial charge in [-0.05, 0) is 12.1 Å². The molecule has 0 aromatic heterocycles. The lowest BCUT2D eigenvalue weighted by Gasteiger charge is -2.16. The number of amides is 2. The molecule has 0 saturated heterocycles. The number of carbonyl (C=O) groups excluding carboxylic acids is 1. The van der Waals surface area contributed by atoms with Gasteiger partial charge in [0, 0.05) is 0 Å². The van der Waals surface area contributed by atoms with Gasteiger partial charge in [0.1, 0.15) is 5.56 Å². The fourth-order valence-electron chi connectivity index (χ4n) is 1.29. The van der Waals surface area contributed by atoms with E-state index in [-0.39, 0.29) is 10.7 Å². The lowest BCUT2D eigenvalue weighted by molar-refractivity contribution is -0.123. The highest BCUT2D eigenvalue weighted by molar-refractivity contribution is 6.34. The molecule has 0 fully saturated rings. The van der Waals surface area contributed by atoms with Crippen molar-refractivity contribution in [2.45, 2.75) is 12.3 Å². The molecule has 10 heteroatoms. The van der Waals surface area contributed by atoms with E-state index in [2.05, 4.69) is 0 Å². The highest BCUT2D eigenvalue weighted by Gasteiger charge is 2.40. The van der Waals surface area contributed by atoms with Crippen molar-refractivity contribution in [1.82, 2.24) is 5.32 Å². The van der Waals surface area contributed by atoms with Gasteiger partial charge < -0.3 is 15.7 Å². The topological polar surface area (TPSA) is 78.4 Å². The molecule has 0 aliphatic carbocycles. The van der Waals surface area contributed by atoms with Gasteiger partial charge in [0.15, 0.2) is 0 Å². The summed E-state index contributed by atoms with van der Waals surface area (Å²) in [5, 5.41) is 12.2. The van der Waals surface area contributed by atoms with Crippen molar-refractivity contribution in [2.75, 3.05) is 11.9 Å². The first-order valence-corrected chi connectivity index (χ1v) is 5.75. The molecule has 1 aromatic rings. The number of carboxylic acid groups (broad SMARTS) is 1. The maximum Gasteiger partial charge on any atom is 0.339 e. The normalized spacial score (nSPS) is 11.3. The van der Waals surface area contributed by atoms with Gasteiger partial charge in [0.2, 0.25) is 0 Å². The lowest BCUT2D eigenvalue weighted by Crippen LogP contribution is -2.43. The zero-order valence-corrected chi connectivity index (χ0v) is 10.9. The number of alkyl halides is 4. The average molecular weight is 329 g/mol. The van der Waals surface area contributed by atoms with Gasteiger partial charge in [-0.1, -0.05) is 17.7 Å². The van der Waals surface area contributed by atoms with E-state index in [0.29, 0.717) is 0 Å². The van der Waals surface area contributed by atoms with Crippen molar-refractivity contribution >= 4 is 29.3 Å². The molecule has 0 atom stereocenters. The van der Waals surface area contributed by atoms with Gasteiger partial charge in [0.05, 0.1) is 17.3 Å². The fraction of sp³-hybridized carbons (Fsp3) is 0.273. The highest BCUT2D eigenvalue weighted by Crippen LogP contribution is 2.24. The van der Waals surface area contributed by atoms with E-state index in [1.165, 1.54) is 23.5 Å². The van der Waals surface area contributed by atoms with Crippen molar-refractivity contribution in [3.8, 4) is 0 Å². The Hall–Kier alpha value is -2.03. The van der Waals surface area contributed by atoms with Crippen LogP contribution in [-0.4, -0.2) is 36.0 Å². The van der Waals surface area contributed by atoms with Crippen molar-refractivity contribution < 1.29 is 32.3 Å². The number of carbonyl (C=O) groups is 2. The Morgan fingerprint density at radius 2 is 1.95 bits per heavy atom. The van der Waals surface area contributed by atoms with E-state index >= 15 is 0 Å². The molecule has 0 spiro atoms. The Labute approximate surface area is 120 Å². The van der Waals surface area contributed by atoms with E-state index in [9.17, 15) is 27.2 Å². The van der Waals surface area contributed by atoms with Crippen LogP contribution in [0.15, 0.2) is 18.2 Å². The number of aromatic carboxylic acids is 1. The number of benzene rings is 1. The van der Waals surface area contributed by atoms with Crippen LogP contribution in [0.25, 0.3) is 0 Å². The van der Waals surface area contributed by atoms with Crippen LogP contribution in [0.2, 0.25) is 5.02 Å². The van der Waals surface area contributed by atoms with Crippen LogP contribution in [0.4, 0.5) is 28.0 Å². The first-order chi connectivity index (χ1) is 9.65. The molecule has 21 heavy (non-hydrogen) atoms. The van der Waals surface area contributed by atoms with E-state index in [1.54, 1.807) is 0 Å². The first-order valence-electron chi connectivity index (χ1n) is 5.38. The summed E-state index contributed by atoms with van der Waals surface area (Å²) in [6, 6.07) is 2.47. The smallest absolute Gasteiger partial charge is 0.339 e. The van der Waals surface area contributed by atoms with Gasteiger partial charge in [-0.2, -0.15) is 8.78 Å². The largest absolute Gasteiger partial charge is 0.478 e. The number of hydrogen-bond donors (Lipinski definition) is 3. The second kappa shape index (κ2) is 6.61.